The Hall–Kier alpha value is -3.18. The van der Waals surface area contributed by atoms with Crippen molar-refractivity contribution < 1.29 is 18.3 Å². The standard InChI is InChI=1S/C30H29Cl2F2N3O2.C4H10/c1-29(2,3)15-24-30(16-35,19-13-12-17(31)14-21(19)33)25(18-8-7-9-20(32)26(18)34)27(37-24)28(38)36-22-10-5-6-11-23(22)39-4;1-4(2)3/h5-14,24-25,27,37H,15H2,1-4H3,(H,36,38);4H,1-3H3/t24-,25-,27+,30-;/m0./s1. The molecule has 1 heterocycles. The van der Waals surface area contributed by atoms with Crippen molar-refractivity contribution in [3.8, 4) is 11.8 Å². The second-order valence-electron chi connectivity index (χ2n) is 12.6. The number of nitrogens with one attached hydrogen (secondary N) is 2. The molecule has 230 valence electrons. The van der Waals surface area contributed by atoms with E-state index in [0.29, 0.717) is 17.9 Å². The number of nitrogens with zero attached hydrogens (tertiary/aromatic N) is 1. The molecule has 0 bridgehead atoms. The molecule has 1 aliphatic rings. The average Bonchev–Trinajstić information content (AvgIpc) is 3.23. The Morgan fingerprint density at radius 3 is 2.33 bits per heavy atom. The number of ether oxygens (including phenoxy) is 1. The van der Waals surface area contributed by atoms with Gasteiger partial charge in [0.2, 0.25) is 5.91 Å². The van der Waals surface area contributed by atoms with Crippen molar-refractivity contribution in [2.45, 2.75) is 71.4 Å². The lowest BCUT2D eigenvalue weighted by molar-refractivity contribution is -0.118. The van der Waals surface area contributed by atoms with Gasteiger partial charge in [0, 0.05) is 22.5 Å². The summed E-state index contributed by atoms with van der Waals surface area (Å²) in [6.45, 7) is 12.4. The highest BCUT2D eigenvalue weighted by molar-refractivity contribution is 6.31. The fourth-order valence-corrected chi connectivity index (χ4v) is 5.86. The summed E-state index contributed by atoms with van der Waals surface area (Å²) in [6.07, 6.45) is 0.375. The fourth-order valence-electron chi connectivity index (χ4n) is 5.52. The van der Waals surface area contributed by atoms with Gasteiger partial charge in [-0.15, -0.1) is 0 Å². The van der Waals surface area contributed by atoms with Crippen LogP contribution >= 0.6 is 23.2 Å². The molecular weight excluding hydrogens is 591 g/mol. The molecule has 0 unspecified atom stereocenters. The van der Waals surface area contributed by atoms with E-state index in [-0.39, 0.29) is 26.6 Å². The van der Waals surface area contributed by atoms with Crippen LogP contribution < -0.4 is 15.4 Å². The third kappa shape index (κ3) is 7.67. The number of para-hydroxylation sites is 2. The van der Waals surface area contributed by atoms with E-state index in [1.54, 1.807) is 30.3 Å². The molecule has 0 aliphatic carbocycles. The first-order valence-electron chi connectivity index (χ1n) is 14.2. The van der Waals surface area contributed by atoms with Gasteiger partial charge in [-0.3, -0.25) is 4.79 Å². The van der Waals surface area contributed by atoms with Gasteiger partial charge in [0.1, 0.15) is 22.8 Å². The van der Waals surface area contributed by atoms with Crippen LogP contribution in [0.15, 0.2) is 60.7 Å². The second kappa shape index (κ2) is 14.1. The molecule has 43 heavy (non-hydrogen) atoms. The molecule has 1 saturated heterocycles. The molecule has 1 fully saturated rings. The molecule has 4 atom stereocenters. The number of anilines is 1. The molecule has 0 radical (unpaired) electrons. The predicted molar refractivity (Wildman–Crippen MR) is 170 cm³/mol. The summed E-state index contributed by atoms with van der Waals surface area (Å²) < 4.78 is 36.8. The van der Waals surface area contributed by atoms with Gasteiger partial charge in [-0.2, -0.15) is 5.26 Å². The Balaban J connectivity index is 0.00000119. The number of nitriles is 1. The average molecular weight is 631 g/mol. The van der Waals surface area contributed by atoms with E-state index in [2.05, 4.69) is 37.5 Å². The monoisotopic (exact) mass is 629 g/mol. The molecule has 5 nitrogen and oxygen atoms in total. The zero-order valence-corrected chi connectivity index (χ0v) is 27.1. The summed E-state index contributed by atoms with van der Waals surface area (Å²) in [5.41, 5.74) is -1.59. The molecule has 0 saturated carbocycles. The first kappa shape index (κ1) is 34.3. The lowest BCUT2D eigenvalue weighted by Gasteiger charge is -2.37. The number of rotatable bonds is 6. The zero-order chi connectivity index (χ0) is 32.1. The highest BCUT2D eigenvalue weighted by atomic mass is 35.5. The quantitative estimate of drug-likeness (QED) is 0.285. The summed E-state index contributed by atoms with van der Waals surface area (Å²) in [4.78, 5) is 13.9. The van der Waals surface area contributed by atoms with Crippen molar-refractivity contribution >= 4 is 34.8 Å². The second-order valence-corrected chi connectivity index (χ2v) is 13.5. The van der Waals surface area contributed by atoms with Gasteiger partial charge in [-0.05, 0) is 53.6 Å². The van der Waals surface area contributed by atoms with Gasteiger partial charge in [0.15, 0.2) is 0 Å². The zero-order valence-electron chi connectivity index (χ0n) is 25.6. The van der Waals surface area contributed by atoms with Crippen molar-refractivity contribution in [1.29, 1.82) is 5.26 Å². The van der Waals surface area contributed by atoms with Gasteiger partial charge in [-0.25, -0.2) is 8.78 Å². The van der Waals surface area contributed by atoms with Gasteiger partial charge < -0.3 is 15.4 Å². The minimum atomic E-state index is -1.70. The summed E-state index contributed by atoms with van der Waals surface area (Å²) in [7, 11) is 1.48. The van der Waals surface area contributed by atoms with Crippen molar-refractivity contribution in [1.82, 2.24) is 5.32 Å². The van der Waals surface area contributed by atoms with Crippen LogP contribution in [0.1, 0.15) is 65.0 Å². The van der Waals surface area contributed by atoms with Gasteiger partial charge in [0.25, 0.3) is 0 Å². The summed E-state index contributed by atoms with van der Waals surface area (Å²) in [6, 6.07) is 15.8. The lowest BCUT2D eigenvalue weighted by atomic mass is 9.62. The minimum absolute atomic E-state index is 0.0214. The lowest BCUT2D eigenvalue weighted by Crippen LogP contribution is -2.45. The van der Waals surface area contributed by atoms with Crippen LogP contribution in [0.4, 0.5) is 14.5 Å². The third-order valence-electron chi connectivity index (χ3n) is 7.10. The number of benzene rings is 3. The first-order chi connectivity index (χ1) is 20.2. The Labute approximate surface area is 263 Å². The van der Waals surface area contributed by atoms with Crippen molar-refractivity contribution in [3.63, 3.8) is 0 Å². The number of hydrogen-bond acceptors (Lipinski definition) is 4. The van der Waals surface area contributed by atoms with Gasteiger partial charge in [-0.1, -0.05) is 95.1 Å². The molecule has 9 heteroatoms. The van der Waals surface area contributed by atoms with E-state index in [9.17, 15) is 10.1 Å². The highest BCUT2D eigenvalue weighted by Crippen LogP contribution is 2.53. The molecule has 4 rings (SSSR count). The topological polar surface area (TPSA) is 74.2 Å². The molecule has 1 aliphatic heterocycles. The highest BCUT2D eigenvalue weighted by Gasteiger charge is 2.61. The SMILES string of the molecule is CC(C)C.COc1ccccc1NC(=O)[C@@H]1N[C@@H](CC(C)(C)C)[C@](C#N)(c2ccc(Cl)cc2F)[C@H]1c1cccc(Cl)c1F. The van der Waals surface area contributed by atoms with E-state index in [1.165, 1.54) is 31.4 Å². The molecule has 3 aromatic carbocycles. The Kier molecular flexibility index (Phi) is 11.2. The van der Waals surface area contributed by atoms with Gasteiger partial charge >= 0.3 is 0 Å². The van der Waals surface area contributed by atoms with Crippen molar-refractivity contribution in [2.24, 2.45) is 11.3 Å². The van der Waals surface area contributed by atoms with Crippen LogP contribution in [-0.2, 0) is 10.2 Å². The first-order valence-corrected chi connectivity index (χ1v) is 14.9. The number of methoxy groups -OCH3 is 1. The Morgan fingerprint density at radius 1 is 1.09 bits per heavy atom. The Bertz CT molecular complexity index is 1480. The number of amides is 1. The van der Waals surface area contributed by atoms with Crippen LogP contribution in [-0.4, -0.2) is 25.1 Å². The van der Waals surface area contributed by atoms with Gasteiger partial charge in [0.05, 0.1) is 29.9 Å². The van der Waals surface area contributed by atoms with E-state index >= 15 is 8.78 Å². The van der Waals surface area contributed by atoms with E-state index < -0.39 is 41.0 Å². The molecular formula is C34H39Cl2F2N3O2. The van der Waals surface area contributed by atoms with Crippen LogP contribution in [0, 0.1) is 34.3 Å². The largest absolute Gasteiger partial charge is 0.495 e. The van der Waals surface area contributed by atoms with Crippen LogP contribution in [0.3, 0.4) is 0 Å². The number of carbonyl (C=O) groups is 1. The smallest absolute Gasteiger partial charge is 0.242 e. The van der Waals surface area contributed by atoms with Crippen LogP contribution in [0.2, 0.25) is 10.0 Å². The molecule has 0 spiro atoms. The number of carbonyl (C=O) groups excluding carboxylic acids is 1. The fraction of sp³-hybridized carbons (Fsp3) is 0.412. The third-order valence-corrected chi connectivity index (χ3v) is 7.62. The maximum absolute atomic E-state index is 15.7. The summed E-state index contributed by atoms with van der Waals surface area (Å²) in [5.74, 6) is -1.92. The van der Waals surface area contributed by atoms with Crippen molar-refractivity contribution in [3.05, 3.63) is 93.5 Å². The van der Waals surface area contributed by atoms with Crippen molar-refractivity contribution in [2.75, 3.05) is 12.4 Å². The molecule has 0 aromatic heterocycles. The molecule has 3 aromatic rings. The van der Waals surface area contributed by atoms with E-state index in [0.717, 1.165) is 12.0 Å². The Morgan fingerprint density at radius 2 is 1.74 bits per heavy atom. The molecule has 1 amide bonds. The van der Waals surface area contributed by atoms with Crippen LogP contribution in [0.25, 0.3) is 0 Å². The maximum atomic E-state index is 15.7. The number of halogens is 4. The summed E-state index contributed by atoms with van der Waals surface area (Å²) >= 11 is 12.2. The predicted octanol–water partition coefficient (Wildman–Crippen LogP) is 8.90. The maximum Gasteiger partial charge on any atom is 0.242 e. The summed E-state index contributed by atoms with van der Waals surface area (Å²) in [5, 5.41) is 17.0. The van der Waals surface area contributed by atoms with E-state index in [4.69, 9.17) is 27.9 Å². The van der Waals surface area contributed by atoms with E-state index in [1.807, 2.05) is 20.8 Å². The normalized spacial score (nSPS) is 21.5. The molecule has 2 N–H and O–H groups in total. The van der Waals surface area contributed by atoms with Crippen LogP contribution in [0.5, 0.6) is 5.75 Å². The minimum Gasteiger partial charge on any atom is -0.495 e. The number of hydrogen-bond donors (Lipinski definition) is 2.